The van der Waals surface area contributed by atoms with Crippen molar-refractivity contribution in [2.75, 3.05) is 6.54 Å². The second kappa shape index (κ2) is 9.97. The number of halogens is 1. The van der Waals surface area contributed by atoms with Crippen LogP contribution in [0.5, 0.6) is 0 Å². The summed E-state index contributed by atoms with van der Waals surface area (Å²) in [6.07, 6.45) is 2.39. The summed E-state index contributed by atoms with van der Waals surface area (Å²) in [6.45, 7) is 12.4. The lowest BCUT2D eigenvalue weighted by Gasteiger charge is -2.36. The fraction of sp³-hybridized carbons (Fsp3) is 0.500. The minimum atomic E-state index is -0.314. The number of carbonyl (C=O) groups is 1. The number of H-pyrrole nitrogens is 1. The van der Waals surface area contributed by atoms with Crippen molar-refractivity contribution in [1.29, 1.82) is 0 Å². The number of hydrogen-bond donors (Lipinski definition) is 1. The van der Waals surface area contributed by atoms with Crippen molar-refractivity contribution in [3.05, 3.63) is 53.4 Å². The molecule has 4 nitrogen and oxygen atoms in total. The van der Waals surface area contributed by atoms with Crippen LogP contribution in [0.15, 0.2) is 30.6 Å². The van der Waals surface area contributed by atoms with Gasteiger partial charge in [0.1, 0.15) is 11.9 Å². The van der Waals surface area contributed by atoms with Gasteiger partial charge in [0.25, 0.3) is 0 Å². The van der Waals surface area contributed by atoms with E-state index in [4.69, 9.17) is 0 Å². The second-order valence-electron chi connectivity index (χ2n) is 5.66. The minimum absolute atomic E-state index is 0.0675. The lowest BCUT2D eigenvalue weighted by atomic mass is 9.94. The molecule has 0 saturated heterocycles. The fourth-order valence-corrected chi connectivity index (χ4v) is 2.86. The van der Waals surface area contributed by atoms with Gasteiger partial charge in [-0.05, 0) is 17.7 Å². The van der Waals surface area contributed by atoms with Gasteiger partial charge in [0.05, 0.1) is 12.0 Å². The van der Waals surface area contributed by atoms with E-state index in [0.29, 0.717) is 6.54 Å². The van der Waals surface area contributed by atoms with Crippen molar-refractivity contribution in [3.8, 4) is 0 Å². The van der Waals surface area contributed by atoms with Crippen molar-refractivity contribution in [1.82, 2.24) is 14.9 Å². The molecule has 1 atom stereocenters. The molecule has 2 aromatic rings. The molecule has 0 aliphatic carbocycles. The van der Waals surface area contributed by atoms with Crippen molar-refractivity contribution in [2.45, 2.75) is 54.0 Å². The van der Waals surface area contributed by atoms with E-state index < -0.39 is 0 Å². The Kier molecular flexibility index (Phi) is 8.32. The smallest absolute Gasteiger partial charge is 0.225 e. The molecule has 138 valence electrons. The molecule has 5 heteroatoms. The zero-order valence-corrected chi connectivity index (χ0v) is 16.1. The monoisotopic (exact) mass is 347 g/mol. The molecular formula is C20H30FN3O. The van der Waals surface area contributed by atoms with Crippen molar-refractivity contribution >= 4 is 5.91 Å². The molecule has 0 fully saturated rings. The van der Waals surface area contributed by atoms with E-state index in [1.807, 2.05) is 52.5 Å². The number of carbonyl (C=O) groups excluding carboxylic acids is 1. The van der Waals surface area contributed by atoms with Crippen LogP contribution >= 0.6 is 0 Å². The average Bonchev–Trinajstić information content (AvgIpc) is 3.12. The van der Waals surface area contributed by atoms with Crippen LogP contribution in [-0.4, -0.2) is 27.3 Å². The molecule has 1 aliphatic rings. The predicted octanol–water partition coefficient (Wildman–Crippen LogP) is 4.73. The maximum Gasteiger partial charge on any atom is 0.225 e. The number of amides is 1. The summed E-state index contributed by atoms with van der Waals surface area (Å²) in [5, 5.41) is 0. The highest BCUT2D eigenvalue weighted by Gasteiger charge is 2.34. The summed E-state index contributed by atoms with van der Waals surface area (Å²) in [5.74, 6) is -0.327. The Morgan fingerprint density at radius 3 is 2.56 bits per heavy atom. The summed E-state index contributed by atoms with van der Waals surface area (Å²) in [4.78, 5) is 21.8. The number of fused-ring (bicyclic) bond motifs is 1. The largest absolute Gasteiger partial charge is 0.348 e. The molecule has 25 heavy (non-hydrogen) atoms. The highest BCUT2D eigenvalue weighted by molar-refractivity contribution is 5.79. The molecule has 0 spiro atoms. The average molecular weight is 347 g/mol. The number of rotatable bonds is 2. The molecule has 0 radical (unpaired) electrons. The van der Waals surface area contributed by atoms with Crippen LogP contribution in [0.3, 0.4) is 0 Å². The molecule has 3 rings (SSSR count). The van der Waals surface area contributed by atoms with Crippen LogP contribution in [0, 0.1) is 11.7 Å². The van der Waals surface area contributed by atoms with Crippen LogP contribution < -0.4 is 0 Å². The van der Waals surface area contributed by atoms with E-state index in [1.54, 1.807) is 12.4 Å². The van der Waals surface area contributed by atoms with Crippen LogP contribution in [0.1, 0.15) is 64.5 Å². The molecule has 1 amide bonds. The van der Waals surface area contributed by atoms with Crippen LogP contribution in [0.25, 0.3) is 0 Å². The fourth-order valence-electron chi connectivity index (χ4n) is 2.86. The molecule has 1 aromatic carbocycles. The summed E-state index contributed by atoms with van der Waals surface area (Å²) >= 11 is 0. The minimum Gasteiger partial charge on any atom is -0.348 e. The van der Waals surface area contributed by atoms with Gasteiger partial charge in [-0.15, -0.1) is 0 Å². The second-order valence-corrected chi connectivity index (χ2v) is 5.66. The van der Waals surface area contributed by atoms with Gasteiger partial charge in [-0.25, -0.2) is 9.37 Å². The summed E-state index contributed by atoms with van der Waals surface area (Å²) in [7, 11) is 0. The Labute approximate surface area is 150 Å². The third-order valence-corrected chi connectivity index (χ3v) is 3.87. The van der Waals surface area contributed by atoms with Crippen molar-refractivity contribution in [3.63, 3.8) is 0 Å². The van der Waals surface area contributed by atoms with E-state index in [-0.39, 0.29) is 23.7 Å². The van der Waals surface area contributed by atoms with Crippen molar-refractivity contribution < 1.29 is 9.18 Å². The highest BCUT2D eigenvalue weighted by Crippen LogP contribution is 2.34. The molecular weight excluding hydrogens is 317 g/mol. The topological polar surface area (TPSA) is 49.0 Å². The van der Waals surface area contributed by atoms with Gasteiger partial charge in [0, 0.05) is 24.6 Å². The molecule has 1 aliphatic heterocycles. The first-order valence-electron chi connectivity index (χ1n) is 9.16. The van der Waals surface area contributed by atoms with Crippen molar-refractivity contribution in [2.24, 2.45) is 5.92 Å². The first-order valence-corrected chi connectivity index (χ1v) is 9.16. The normalized spacial score (nSPS) is 15.5. The predicted molar refractivity (Wildman–Crippen MR) is 99.8 cm³/mol. The number of aromatic amines is 1. The number of hydrogen-bond acceptors (Lipinski definition) is 2. The van der Waals surface area contributed by atoms with Gasteiger partial charge in [-0.3, -0.25) is 4.79 Å². The van der Waals surface area contributed by atoms with Gasteiger partial charge in [-0.1, -0.05) is 53.7 Å². The summed E-state index contributed by atoms with van der Waals surface area (Å²) in [6, 6.07) is 6.09. The Morgan fingerprint density at radius 2 is 1.96 bits per heavy atom. The Hall–Kier alpha value is -2.17. The quantitative estimate of drug-likeness (QED) is 0.853. The Bertz CT molecular complexity index is 666. The number of aromatic nitrogens is 2. The van der Waals surface area contributed by atoms with Crippen LogP contribution in [0.2, 0.25) is 0 Å². The molecule has 0 bridgehead atoms. The number of nitrogens with one attached hydrogen (secondary N) is 1. The van der Waals surface area contributed by atoms with E-state index in [2.05, 4.69) is 9.97 Å². The summed E-state index contributed by atoms with van der Waals surface area (Å²) < 4.78 is 13.6. The van der Waals surface area contributed by atoms with Gasteiger partial charge in [0.2, 0.25) is 5.91 Å². The van der Waals surface area contributed by atoms with Crippen LogP contribution in [-0.2, 0) is 11.2 Å². The zero-order valence-electron chi connectivity index (χ0n) is 16.1. The third kappa shape index (κ3) is 4.68. The number of benzene rings is 1. The maximum absolute atomic E-state index is 13.6. The van der Waals surface area contributed by atoms with Gasteiger partial charge < -0.3 is 9.88 Å². The maximum atomic E-state index is 13.6. The van der Waals surface area contributed by atoms with Crippen LogP contribution in [0.4, 0.5) is 4.39 Å². The summed E-state index contributed by atoms with van der Waals surface area (Å²) in [5.41, 5.74) is 2.61. The molecule has 1 N–H and O–H groups in total. The van der Waals surface area contributed by atoms with Gasteiger partial charge >= 0.3 is 0 Å². The molecule has 1 aromatic heterocycles. The Balaban J connectivity index is 0.000000730. The first-order chi connectivity index (χ1) is 12.1. The highest BCUT2D eigenvalue weighted by atomic mass is 19.1. The van der Waals surface area contributed by atoms with E-state index in [9.17, 15) is 9.18 Å². The van der Waals surface area contributed by atoms with Gasteiger partial charge in [0.15, 0.2) is 0 Å². The van der Waals surface area contributed by atoms with E-state index >= 15 is 0 Å². The molecule has 2 heterocycles. The van der Waals surface area contributed by atoms with E-state index in [0.717, 1.165) is 23.4 Å². The lowest BCUT2D eigenvalue weighted by molar-refractivity contribution is -0.136. The van der Waals surface area contributed by atoms with E-state index in [1.165, 1.54) is 12.1 Å². The molecule has 0 saturated carbocycles. The lowest BCUT2D eigenvalue weighted by Crippen LogP contribution is -2.42. The zero-order chi connectivity index (χ0) is 19.0. The van der Waals surface area contributed by atoms with Gasteiger partial charge in [-0.2, -0.15) is 0 Å². The SMILES string of the molecule is CC.CC.CC(C)C(=O)N1CCc2[nH]cnc2C1c1cccc(F)c1. The first kappa shape index (κ1) is 20.9. The third-order valence-electron chi connectivity index (χ3n) is 3.87. The number of nitrogens with zero attached hydrogens (tertiary/aromatic N) is 2. The standard InChI is InChI=1S/C16H18FN3O.2C2H6/c1-10(2)16(21)20-7-6-13-14(19-9-18-13)15(20)11-4-3-5-12(17)8-11;2*1-2/h3-5,8-10,15H,6-7H2,1-2H3,(H,18,19);2*1-2H3. The molecule has 1 unspecified atom stereocenters. The number of imidazole rings is 1. The Morgan fingerprint density at radius 1 is 1.28 bits per heavy atom.